The Balaban J connectivity index is 0.00000144. The minimum absolute atomic E-state index is 0. The van der Waals surface area contributed by atoms with Crippen molar-refractivity contribution in [3.63, 3.8) is 0 Å². The average Bonchev–Trinajstić information content (AvgIpc) is 2.76. The van der Waals surface area contributed by atoms with E-state index >= 15 is 0 Å². The van der Waals surface area contributed by atoms with Crippen LogP contribution in [0.4, 0.5) is 0 Å². The zero-order valence-corrected chi connectivity index (χ0v) is 13.7. The Kier molecular flexibility index (Phi) is 3.70. The predicted octanol–water partition coefficient (Wildman–Crippen LogP) is 5.57. The molecule has 0 aliphatic heterocycles. The third-order valence-corrected chi connectivity index (χ3v) is 8.03. The van der Waals surface area contributed by atoms with Crippen molar-refractivity contribution in [1.29, 1.82) is 0 Å². The average molecular weight is 300 g/mol. The van der Waals surface area contributed by atoms with Gasteiger partial charge in [-0.25, -0.2) is 0 Å². The van der Waals surface area contributed by atoms with Gasteiger partial charge in [-0.1, -0.05) is 39.8 Å². The summed E-state index contributed by atoms with van der Waals surface area (Å²) in [5.74, 6) is 3.68. The highest BCUT2D eigenvalue weighted by Crippen LogP contribution is 2.65. The van der Waals surface area contributed by atoms with Crippen LogP contribution in [0, 0.1) is 34.5 Å². The molecule has 0 N–H and O–H groups in total. The molecule has 0 aromatic heterocycles. The van der Waals surface area contributed by atoms with Gasteiger partial charge in [-0.3, -0.25) is 4.79 Å². The van der Waals surface area contributed by atoms with Gasteiger partial charge in [0.15, 0.2) is 5.78 Å². The number of ketones is 1. The van der Waals surface area contributed by atoms with Crippen molar-refractivity contribution in [3.05, 3.63) is 23.8 Å². The third-order valence-electron chi connectivity index (χ3n) is 8.03. The van der Waals surface area contributed by atoms with Gasteiger partial charge in [0.2, 0.25) is 0 Å². The lowest BCUT2D eigenvalue weighted by atomic mass is 9.48. The second-order valence-corrected chi connectivity index (χ2v) is 8.63. The number of rotatable bonds is 0. The minimum atomic E-state index is 0. The van der Waals surface area contributed by atoms with E-state index in [-0.39, 0.29) is 18.6 Å². The molecule has 6 atom stereocenters. The Morgan fingerprint density at radius 1 is 1.09 bits per heavy atom. The zero-order chi connectivity index (χ0) is 14.8. The maximum atomic E-state index is 11.7. The first-order valence-electron chi connectivity index (χ1n) is 8.89. The highest BCUT2D eigenvalue weighted by atomic mass is 16.1. The fourth-order valence-electron chi connectivity index (χ4n) is 6.46. The molecule has 0 amide bonds. The van der Waals surface area contributed by atoms with Crippen LogP contribution in [0.15, 0.2) is 23.8 Å². The van der Waals surface area contributed by atoms with E-state index in [1.807, 2.05) is 12.2 Å². The number of hydrogen-bond donors (Lipinski definition) is 0. The van der Waals surface area contributed by atoms with Crippen LogP contribution in [-0.2, 0) is 4.79 Å². The second kappa shape index (κ2) is 5.08. The lowest BCUT2D eigenvalue weighted by Crippen LogP contribution is -2.49. The Morgan fingerprint density at radius 3 is 2.64 bits per heavy atom. The first-order chi connectivity index (χ1) is 9.95. The van der Waals surface area contributed by atoms with Gasteiger partial charge < -0.3 is 0 Å². The van der Waals surface area contributed by atoms with Crippen LogP contribution in [-0.4, -0.2) is 5.78 Å². The summed E-state index contributed by atoms with van der Waals surface area (Å²) in [6.07, 6.45) is 14.1. The van der Waals surface area contributed by atoms with Crippen LogP contribution in [0.2, 0.25) is 0 Å². The molecule has 4 aliphatic carbocycles. The SMILES string of the molecule is C.C[C@H]1CCC2C3CCC4=CC(=O)C=C[C@]4(C)C3CC[C@@]21C. The van der Waals surface area contributed by atoms with Crippen molar-refractivity contribution in [2.75, 3.05) is 0 Å². The molecule has 3 fully saturated rings. The smallest absolute Gasteiger partial charge is 0.178 e. The fourth-order valence-corrected chi connectivity index (χ4v) is 6.46. The Morgan fingerprint density at radius 2 is 1.86 bits per heavy atom. The summed E-state index contributed by atoms with van der Waals surface area (Å²) in [6, 6.07) is 0. The minimum Gasteiger partial charge on any atom is -0.290 e. The lowest BCUT2D eigenvalue weighted by Gasteiger charge is -2.57. The van der Waals surface area contributed by atoms with E-state index in [9.17, 15) is 4.79 Å². The number of carbonyl (C=O) groups excluding carboxylic acids is 1. The van der Waals surface area contributed by atoms with Gasteiger partial charge in [0.1, 0.15) is 0 Å². The van der Waals surface area contributed by atoms with Gasteiger partial charge in [-0.15, -0.1) is 0 Å². The molecular weight excluding hydrogens is 268 g/mol. The third kappa shape index (κ3) is 1.93. The standard InChI is InChI=1S/C20H28O.CH4/c1-13-4-7-17-16-6-5-14-12-15(21)8-10-20(14,3)18(16)9-11-19(13,17)2;/h8,10,12-13,16-18H,4-7,9,11H2,1-3H3;1H4/t13-,16?,17?,18?,19+,20-;/m0./s1. The normalized spacial score (nSPS) is 49.6. The molecule has 3 unspecified atom stereocenters. The van der Waals surface area contributed by atoms with Crippen LogP contribution in [0.5, 0.6) is 0 Å². The lowest BCUT2D eigenvalue weighted by molar-refractivity contribution is -0.111. The van der Waals surface area contributed by atoms with Crippen LogP contribution in [0.1, 0.15) is 66.7 Å². The zero-order valence-electron chi connectivity index (χ0n) is 13.7. The van der Waals surface area contributed by atoms with Crippen molar-refractivity contribution >= 4 is 5.78 Å². The van der Waals surface area contributed by atoms with Crippen molar-refractivity contribution in [1.82, 2.24) is 0 Å². The van der Waals surface area contributed by atoms with Crippen molar-refractivity contribution in [2.24, 2.45) is 34.5 Å². The summed E-state index contributed by atoms with van der Waals surface area (Å²) in [6.45, 7) is 7.45. The molecule has 122 valence electrons. The summed E-state index contributed by atoms with van der Waals surface area (Å²) in [7, 11) is 0. The summed E-state index contributed by atoms with van der Waals surface area (Å²) < 4.78 is 0. The molecule has 0 saturated heterocycles. The molecule has 1 nitrogen and oxygen atoms in total. The summed E-state index contributed by atoms with van der Waals surface area (Å²) in [4.78, 5) is 11.7. The molecule has 0 bridgehead atoms. The van der Waals surface area contributed by atoms with Gasteiger partial charge in [0.25, 0.3) is 0 Å². The quantitative estimate of drug-likeness (QED) is 0.572. The largest absolute Gasteiger partial charge is 0.290 e. The highest BCUT2D eigenvalue weighted by Gasteiger charge is 2.57. The predicted molar refractivity (Wildman–Crippen MR) is 92.5 cm³/mol. The number of hydrogen-bond acceptors (Lipinski definition) is 1. The van der Waals surface area contributed by atoms with Gasteiger partial charge in [0, 0.05) is 5.41 Å². The fraction of sp³-hybridized carbons (Fsp3) is 0.762. The van der Waals surface area contributed by atoms with Crippen LogP contribution < -0.4 is 0 Å². The Labute approximate surface area is 136 Å². The molecule has 0 heterocycles. The van der Waals surface area contributed by atoms with E-state index in [2.05, 4.69) is 26.8 Å². The molecule has 3 saturated carbocycles. The van der Waals surface area contributed by atoms with E-state index in [1.165, 1.54) is 37.7 Å². The van der Waals surface area contributed by atoms with Crippen molar-refractivity contribution < 1.29 is 4.79 Å². The van der Waals surface area contributed by atoms with E-state index in [4.69, 9.17) is 0 Å². The van der Waals surface area contributed by atoms with E-state index in [0.29, 0.717) is 5.41 Å². The van der Waals surface area contributed by atoms with Gasteiger partial charge >= 0.3 is 0 Å². The second-order valence-electron chi connectivity index (χ2n) is 8.63. The number of fused-ring (bicyclic) bond motifs is 5. The van der Waals surface area contributed by atoms with Gasteiger partial charge in [-0.2, -0.15) is 0 Å². The molecule has 0 spiro atoms. The van der Waals surface area contributed by atoms with Crippen LogP contribution in [0.25, 0.3) is 0 Å². The summed E-state index contributed by atoms with van der Waals surface area (Å²) in [5.41, 5.74) is 2.18. The van der Waals surface area contributed by atoms with Gasteiger partial charge in [0.05, 0.1) is 0 Å². The molecule has 0 radical (unpaired) electrons. The highest BCUT2D eigenvalue weighted by molar-refractivity contribution is 6.01. The van der Waals surface area contributed by atoms with Crippen molar-refractivity contribution in [3.8, 4) is 0 Å². The summed E-state index contributed by atoms with van der Waals surface area (Å²) >= 11 is 0. The van der Waals surface area contributed by atoms with E-state index in [1.54, 1.807) is 0 Å². The topological polar surface area (TPSA) is 17.1 Å². The Hall–Kier alpha value is -0.850. The van der Waals surface area contributed by atoms with E-state index < -0.39 is 0 Å². The maximum absolute atomic E-state index is 11.7. The summed E-state index contributed by atoms with van der Waals surface area (Å²) in [5, 5.41) is 0. The molecule has 0 aromatic rings. The first-order valence-corrected chi connectivity index (χ1v) is 8.89. The molecule has 22 heavy (non-hydrogen) atoms. The monoisotopic (exact) mass is 300 g/mol. The van der Waals surface area contributed by atoms with Crippen LogP contribution in [0.3, 0.4) is 0 Å². The van der Waals surface area contributed by atoms with E-state index in [0.717, 1.165) is 30.1 Å². The maximum Gasteiger partial charge on any atom is 0.178 e. The van der Waals surface area contributed by atoms with Crippen LogP contribution >= 0.6 is 0 Å². The molecule has 1 heteroatoms. The molecule has 4 rings (SSSR count). The number of allylic oxidation sites excluding steroid dienone is 4. The number of carbonyl (C=O) groups is 1. The van der Waals surface area contributed by atoms with Crippen molar-refractivity contribution in [2.45, 2.75) is 66.7 Å². The first kappa shape index (κ1) is 16.0. The Bertz CT molecular complexity index is 542. The molecular formula is C21H32O. The van der Waals surface area contributed by atoms with Gasteiger partial charge in [-0.05, 0) is 79.8 Å². The molecule has 4 aliphatic rings. The molecule has 0 aromatic carbocycles.